The topological polar surface area (TPSA) is 88.9 Å². The largest absolute Gasteiger partial charge is 0.353 e. The molecule has 1 aliphatic rings. The van der Waals surface area contributed by atoms with Crippen molar-refractivity contribution < 1.29 is 9.59 Å². The molecule has 2 amide bonds. The van der Waals surface area contributed by atoms with E-state index in [9.17, 15) is 9.59 Å². The van der Waals surface area contributed by atoms with E-state index in [0.717, 1.165) is 12.8 Å². The monoisotopic (exact) mass is 491 g/mol. The second-order valence-electron chi connectivity index (χ2n) is 8.91. The number of nitrogens with zero attached hydrogens (tertiary/aromatic N) is 3. The number of hydrogen-bond acceptors (Lipinski definition) is 5. The van der Waals surface area contributed by atoms with Crippen LogP contribution in [0.2, 0.25) is 5.02 Å². The molecule has 0 saturated heterocycles. The van der Waals surface area contributed by atoms with Crippen LogP contribution >= 0.6 is 23.4 Å². The minimum absolute atomic E-state index is 0.0323. The summed E-state index contributed by atoms with van der Waals surface area (Å²) in [6, 6.07) is 6.98. The third-order valence-electron chi connectivity index (χ3n) is 5.81. The van der Waals surface area contributed by atoms with Crippen molar-refractivity contribution in [3.63, 3.8) is 0 Å². The molecule has 0 radical (unpaired) electrons. The van der Waals surface area contributed by atoms with Crippen LogP contribution < -0.4 is 10.6 Å². The fraction of sp³-hybridized carbons (Fsp3) is 0.583. The Hall–Kier alpha value is -2.06. The predicted molar refractivity (Wildman–Crippen MR) is 133 cm³/mol. The van der Waals surface area contributed by atoms with Crippen LogP contribution in [-0.4, -0.2) is 38.4 Å². The maximum atomic E-state index is 12.9. The first kappa shape index (κ1) is 25.6. The molecule has 180 valence electrons. The molecule has 1 fully saturated rings. The van der Waals surface area contributed by atoms with E-state index in [2.05, 4.69) is 34.7 Å². The van der Waals surface area contributed by atoms with Crippen LogP contribution in [0.1, 0.15) is 81.5 Å². The Kier molecular flexibility index (Phi) is 9.62. The molecule has 1 saturated carbocycles. The number of carbonyl (C=O) groups is 2. The summed E-state index contributed by atoms with van der Waals surface area (Å²) in [5, 5.41) is 16.1. The number of halogens is 1. The lowest BCUT2D eigenvalue weighted by molar-refractivity contribution is -0.119. The Balaban J connectivity index is 1.70. The highest BCUT2D eigenvalue weighted by atomic mass is 35.5. The van der Waals surface area contributed by atoms with Gasteiger partial charge in [0.1, 0.15) is 0 Å². The lowest BCUT2D eigenvalue weighted by Gasteiger charge is -2.22. The molecule has 7 nitrogen and oxygen atoms in total. The fourth-order valence-corrected chi connectivity index (χ4v) is 5.23. The maximum Gasteiger partial charge on any atom is 0.253 e. The van der Waals surface area contributed by atoms with E-state index in [0.29, 0.717) is 52.2 Å². The van der Waals surface area contributed by atoms with Gasteiger partial charge < -0.3 is 15.2 Å². The van der Waals surface area contributed by atoms with Crippen LogP contribution in [0.15, 0.2) is 29.4 Å². The molecule has 9 heteroatoms. The molecule has 1 aromatic carbocycles. The van der Waals surface area contributed by atoms with Crippen molar-refractivity contribution in [3.05, 3.63) is 40.7 Å². The smallest absolute Gasteiger partial charge is 0.253 e. The Morgan fingerprint density at radius 3 is 2.58 bits per heavy atom. The molecule has 2 N–H and O–H groups in total. The summed E-state index contributed by atoms with van der Waals surface area (Å²) >= 11 is 7.61. The summed E-state index contributed by atoms with van der Waals surface area (Å²) in [6.45, 7) is 6.87. The summed E-state index contributed by atoms with van der Waals surface area (Å²) in [5.74, 6) is 1.13. The Morgan fingerprint density at radius 2 is 1.91 bits per heavy atom. The van der Waals surface area contributed by atoms with E-state index in [1.54, 1.807) is 24.3 Å². The molecule has 1 atom stereocenters. The molecule has 33 heavy (non-hydrogen) atoms. The molecule has 0 spiro atoms. The van der Waals surface area contributed by atoms with Gasteiger partial charge in [0.05, 0.1) is 22.4 Å². The zero-order chi connectivity index (χ0) is 23.8. The van der Waals surface area contributed by atoms with E-state index >= 15 is 0 Å². The zero-order valence-corrected chi connectivity index (χ0v) is 21.2. The van der Waals surface area contributed by atoms with Crippen molar-refractivity contribution in [2.75, 3.05) is 5.75 Å². The van der Waals surface area contributed by atoms with Gasteiger partial charge in [-0.05, 0) is 44.2 Å². The second kappa shape index (κ2) is 12.4. The fourth-order valence-electron chi connectivity index (χ4n) is 4.19. The van der Waals surface area contributed by atoms with E-state index in [4.69, 9.17) is 11.6 Å². The molecule has 0 aliphatic heterocycles. The zero-order valence-electron chi connectivity index (χ0n) is 19.6. The van der Waals surface area contributed by atoms with E-state index in [1.807, 2.05) is 11.5 Å². The number of thioether (sulfide) groups is 1. The van der Waals surface area contributed by atoms with Gasteiger partial charge in [-0.2, -0.15) is 0 Å². The number of nitrogens with one attached hydrogen (secondary N) is 2. The summed E-state index contributed by atoms with van der Waals surface area (Å²) in [6.07, 6.45) is 6.46. The van der Waals surface area contributed by atoms with Crippen molar-refractivity contribution in [2.45, 2.75) is 83.1 Å². The number of hydrogen-bond donors (Lipinski definition) is 2. The first-order chi connectivity index (χ1) is 15.9. The molecule has 1 aromatic heterocycles. The molecular formula is C24H34ClN5O2S. The molecule has 1 aliphatic carbocycles. The molecule has 3 rings (SSSR count). The number of benzene rings is 1. The normalized spacial score (nSPS) is 15.4. The summed E-state index contributed by atoms with van der Waals surface area (Å²) < 4.78 is 1.98. The van der Waals surface area contributed by atoms with Crippen LogP contribution in [0.5, 0.6) is 0 Å². The van der Waals surface area contributed by atoms with Gasteiger partial charge in [-0.1, -0.05) is 68.6 Å². The highest BCUT2D eigenvalue weighted by molar-refractivity contribution is 7.99. The standard InChI is InChI=1S/C24H34ClN5O2S/c1-4-30-22(20(14-16(2)3)27-23(32)18-12-8-9-13-19(18)25)28-29-24(30)33-15-21(31)26-17-10-6-5-7-11-17/h8-9,12-13,16-17,20H,4-7,10-11,14-15H2,1-3H3,(H,26,31)(H,27,32). The van der Waals surface area contributed by atoms with Gasteiger partial charge in [-0.15, -0.1) is 10.2 Å². The maximum absolute atomic E-state index is 12.9. The Bertz CT molecular complexity index is 943. The molecule has 1 heterocycles. The van der Waals surface area contributed by atoms with Gasteiger partial charge >= 0.3 is 0 Å². The molecule has 2 aromatic rings. The third kappa shape index (κ3) is 7.21. The third-order valence-corrected chi connectivity index (χ3v) is 7.10. The van der Waals surface area contributed by atoms with Gasteiger partial charge in [0, 0.05) is 12.6 Å². The van der Waals surface area contributed by atoms with E-state index in [1.165, 1.54) is 31.0 Å². The van der Waals surface area contributed by atoms with E-state index < -0.39 is 0 Å². The highest BCUT2D eigenvalue weighted by Crippen LogP contribution is 2.26. The minimum atomic E-state index is -0.313. The van der Waals surface area contributed by atoms with Crippen molar-refractivity contribution in [3.8, 4) is 0 Å². The van der Waals surface area contributed by atoms with Crippen molar-refractivity contribution in [2.24, 2.45) is 5.92 Å². The first-order valence-electron chi connectivity index (χ1n) is 11.8. The number of carbonyl (C=O) groups excluding carboxylic acids is 2. The van der Waals surface area contributed by atoms with Crippen LogP contribution in [0.3, 0.4) is 0 Å². The lowest BCUT2D eigenvalue weighted by atomic mass is 9.95. The molecule has 1 unspecified atom stereocenters. The Morgan fingerprint density at radius 1 is 1.18 bits per heavy atom. The molecule has 0 bridgehead atoms. The number of amides is 2. The quantitative estimate of drug-likeness (QED) is 0.456. The minimum Gasteiger partial charge on any atom is -0.353 e. The second-order valence-corrected chi connectivity index (χ2v) is 10.3. The van der Waals surface area contributed by atoms with Gasteiger partial charge in [0.15, 0.2) is 11.0 Å². The summed E-state index contributed by atoms with van der Waals surface area (Å²) in [7, 11) is 0. The van der Waals surface area contributed by atoms with E-state index in [-0.39, 0.29) is 17.9 Å². The van der Waals surface area contributed by atoms with Crippen LogP contribution in [0.4, 0.5) is 0 Å². The SMILES string of the molecule is CCn1c(SCC(=O)NC2CCCCC2)nnc1C(CC(C)C)NC(=O)c1ccccc1Cl. The van der Waals surface area contributed by atoms with Crippen LogP contribution in [-0.2, 0) is 11.3 Å². The average molecular weight is 492 g/mol. The van der Waals surface area contributed by atoms with Gasteiger partial charge in [-0.25, -0.2) is 0 Å². The lowest BCUT2D eigenvalue weighted by Crippen LogP contribution is -2.37. The summed E-state index contributed by atoms with van der Waals surface area (Å²) in [5.41, 5.74) is 0.435. The highest BCUT2D eigenvalue weighted by Gasteiger charge is 2.25. The predicted octanol–water partition coefficient (Wildman–Crippen LogP) is 5.01. The van der Waals surface area contributed by atoms with Crippen molar-refractivity contribution in [1.29, 1.82) is 0 Å². The van der Waals surface area contributed by atoms with Crippen molar-refractivity contribution in [1.82, 2.24) is 25.4 Å². The first-order valence-corrected chi connectivity index (χ1v) is 13.2. The number of rotatable bonds is 10. The van der Waals surface area contributed by atoms with Crippen LogP contribution in [0, 0.1) is 5.92 Å². The average Bonchev–Trinajstić information content (AvgIpc) is 3.21. The molecular weight excluding hydrogens is 458 g/mol. The van der Waals surface area contributed by atoms with Crippen molar-refractivity contribution >= 4 is 35.2 Å². The summed E-state index contributed by atoms with van der Waals surface area (Å²) in [4.78, 5) is 25.4. The van der Waals surface area contributed by atoms with Gasteiger partial charge in [0.2, 0.25) is 5.91 Å². The number of aromatic nitrogens is 3. The van der Waals surface area contributed by atoms with Gasteiger partial charge in [0.25, 0.3) is 5.91 Å². The Labute approximate surface area is 205 Å². The van der Waals surface area contributed by atoms with Crippen LogP contribution in [0.25, 0.3) is 0 Å². The van der Waals surface area contributed by atoms with Gasteiger partial charge in [-0.3, -0.25) is 9.59 Å².